The highest BCUT2D eigenvalue weighted by Crippen LogP contribution is 2.31. The SMILES string of the molecule is NC(=O)c1c(OC(=O)C2CCN(c3ccc4ccccc4c3)CC2)ccc2nc3ccccc3nc12. The number of primary amides is 1. The lowest BCUT2D eigenvalue weighted by Gasteiger charge is -2.32. The van der Waals surface area contributed by atoms with Gasteiger partial charge in [-0.05, 0) is 60.0 Å². The van der Waals surface area contributed by atoms with Gasteiger partial charge in [0.05, 0.1) is 22.5 Å². The van der Waals surface area contributed by atoms with Crippen molar-refractivity contribution in [2.75, 3.05) is 18.0 Å². The number of hydrogen-bond donors (Lipinski definition) is 1. The third-order valence-electron chi connectivity index (χ3n) is 6.86. The first-order valence-corrected chi connectivity index (χ1v) is 12.0. The summed E-state index contributed by atoms with van der Waals surface area (Å²) in [5.41, 5.74) is 9.12. The van der Waals surface area contributed by atoms with Gasteiger partial charge in [0.15, 0.2) is 0 Å². The van der Waals surface area contributed by atoms with Crippen molar-refractivity contribution < 1.29 is 14.3 Å². The summed E-state index contributed by atoms with van der Waals surface area (Å²) in [7, 11) is 0. The quantitative estimate of drug-likeness (QED) is 0.226. The fraction of sp³-hybridized carbons (Fsp3) is 0.172. The lowest BCUT2D eigenvalue weighted by atomic mass is 9.96. The Morgan fingerprint density at radius 3 is 2.25 bits per heavy atom. The monoisotopic (exact) mass is 476 g/mol. The zero-order valence-electron chi connectivity index (χ0n) is 19.6. The number of fused-ring (bicyclic) bond motifs is 3. The number of nitrogens with two attached hydrogens (primary N) is 1. The Labute approximate surface area is 207 Å². The molecule has 1 amide bonds. The van der Waals surface area contributed by atoms with Gasteiger partial charge in [-0.3, -0.25) is 9.59 Å². The van der Waals surface area contributed by atoms with E-state index in [4.69, 9.17) is 10.5 Å². The predicted molar refractivity (Wildman–Crippen MR) is 140 cm³/mol. The van der Waals surface area contributed by atoms with Crippen molar-refractivity contribution in [2.45, 2.75) is 12.8 Å². The van der Waals surface area contributed by atoms with Crippen LogP contribution in [0, 0.1) is 5.92 Å². The number of amides is 1. The molecule has 0 bridgehead atoms. The topological polar surface area (TPSA) is 98.4 Å². The molecule has 0 radical (unpaired) electrons. The van der Waals surface area contributed by atoms with E-state index in [1.807, 2.05) is 36.4 Å². The summed E-state index contributed by atoms with van der Waals surface area (Å²) in [6.45, 7) is 1.49. The molecule has 0 saturated carbocycles. The van der Waals surface area contributed by atoms with Crippen LogP contribution in [-0.2, 0) is 4.79 Å². The number of ether oxygens (including phenoxy) is 1. The minimum atomic E-state index is -0.709. The van der Waals surface area contributed by atoms with E-state index in [1.54, 1.807) is 12.1 Å². The van der Waals surface area contributed by atoms with Gasteiger partial charge < -0.3 is 15.4 Å². The van der Waals surface area contributed by atoms with E-state index in [-0.39, 0.29) is 23.2 Å². The molecular formula is C29H24N4O3. The van der Waals surface area contributed by atoms with Crippen LogP contribution in [0.15, 0.2) is 78.9 Å². The van der Waals surface area contributed by atoms with E-state index in [1.165, 1.54) is 10.8 Å². The highest BCUT2D eigenvalue weighted by atomic mass is 16.5. The maximum absolute atomic E-state index is 13.1. The molecule has 4 aromatic carbocycles. The Morgan fingerprint density at radius 1 is 0.806 bits per heavy atom. The van der Waals surface area contributed by atoms with Crippen LogP contribution in [0.4, 0.5) is 5.69 Å². The van der Waals surface area contributed by atoms with Crippen LogP contribution < -0.4 is 15.4 Å². The van der Waals surface area contributed by atoms with E-state index < -0.39 is 5.91 Å². The summed E-state index contributed by atoms with van der Waals surface area (Å²) in [5, 5.41) is 2.40. The summed E-state index contributed by atoms with van der Waals surface area (Å²) in [6, 6.07) is 25.4. The number of carbonyl (C=O) groups excluding carboxylic acids is 2. The van der Waals surface area contributed by atoms with Crippen molar-refractivity contribution in [3.05, 3.63) is 84.4 Å². The number of carbonyl (C=O) groups is 2. The van der Waals surface area contributed by atoms with Crippen LogP contribution in [0.1, 0.15) is 23.2 Å². The second-order valence-electron chi connectivity index (χ2n) is 9.10. The summed E-state index contributed by atoms with van der Waals surface area (Å²) in [6.07, 6.45) is 1.32. The fourth-order valence-corrected chi connectivity index (χ4v) is 4.93. The van der Waals surface area contributed by atoms with Crippen molar-refractivity contribution in [1.29, 1.82) is 0 Å². The number of aromatic nitrogens is 2. The molecule has 0 spiro atoms. The Bertz CT molecular complexity index is 1640. The number of nitrogens with zero attached hydrogens (tertiary/aromatic N) is 3. The average molecular weight is 477 g/mol. The highest BCUT2D eigenvalue weighted by molar-refractivity contribution is 6.08. The van der Waals surface area contributed by atoms with Crippen LogP contribution >= 0.6 is 0 Å². The van der Waals surface area contributed by atoms with Gasteiger partial charge in [0.2, 0.25) is 0 Å². The lowest BCUT2D eigenvalue weighted by molar-refractivity contribution is -0.139. The van der Waals surface area contributed by atoms with Crippen molar-refractivity contribution in [1.82, 2.24) is 9.97 Å². The second kappa shape index (κ2) is 8.92. The Kier molecular flexibility index (Phi) is 5.45. The fourth-order valence-electron chi connectivity index (χ4n) is 4.93. The summed E-state index contributed by atoms with van der Waals surface area (Å²) < 4.78 is 5.74. The predicted octanol–water partition coefficient (Wildman–Crippen LogP) is 4.86. The zero-order chi connectivity index (χ0) is 24.6. The molecule has 1 fully saturated rings. The zero-order valence-corrected chi connectivity index (χ0v) is 19.6. The molecule has 1 aliphatic rings. The Hall–Kier alpha value is -4.52. The molecule has 6 rings (SSSR count). The number of para-hydroxylation sites is 2. The van der Waals surface area contributed by atoms with Crippen LogP contribution in [0.5, 0.6) is 5.75 Å². The van der Waals surface area contributed by atoms with Crippen molar-refractivity contribution in [3.8, 4) is 5.75 Å². The summed E-state index contributed by atoms with van der Waals surface area (Å²) in [5.74, 6) is -1.20. The highest BCUT2D eigenvalue weighted by Gasteiger charge is 2.28. The molecule has 5 aromatic rings. The molecular weight excluding hydrogens is 452 g/mol. The van der Waals surface area contributed by atoms with Crippen LogP contribution in [0.3, 0.4) is 0 Å². The molecule has 2 N–H and O–H groups in total. The number of esters is 1. The van der Waals surface area contributed by atoms with Gasteiger partial charge in [0.25, 0.3) is 5.91 Å². The van der Waals surface area contributed by atoms with E-state index in [0.717, 1.165) is 18.8 Å². The van der Waals surface area contributed by atoms with Crippen molar-refractivity contribution >= 4 is 50.4 Å². The lowest BCUT2D eigenvalue weighted by Crippen LogP contribution is -2.37. The Morgan fingerprint density at radius 2 is 1.50 bits per heavy atom. The third kappa shape index (κ3) is 3.98. The molecule has 0 atom stereocenters. The van der Waals surface area contributed by atoms with E-state index in [0.29, 0.717) is 34.9 Å². The van der Waals surface area contributed by atoms with Gasteiger partial charge in [-0.25, -0.2) is 9.97 Å². The van der Waals surface area contributed by atoms with Crippen LogP contribution in [0.25, 0.3) is 32.8 Å². The number of hydrogen-bond acceptors (Lipinski definition) is 6. The number of benzene rings is 4. The molecule has 1 aliphatic heterocycles. The number of piperidine rings is 1. The van der Waals surface area contributed by atoms with E-state index in [2.05, 4.69) is 45.2 Å². The molecule has 2 heterocycles. The first-order chi connectivity index (χ1) is 17.6. The molecule has 178 valence electrons. The van der Waals surface area contributed by atoms with Gasteiger partial charge >= 0.3 is 5.97 Å². The molecule has 36 heavy (non-hydrogen) atoms. The third-order valence-corrected chi connectivity index (χ3v) is 6.86. The smallest absolute Gasteiger partial charge is 0.314 e. The van der Waals surface area contributed by atoms with Gasteiger partial charge in [0, 0.05) is 18.8 Å². The van der Waals surface area contributed by atoms with Gasteiger partial charge in [-0.2, -0.15) is 0 Å². The number of rotatable bonds is 4. The molecule has 1 aromatic heterocycles. The normalized spacial score (nSPS) is 14.4. The van der Waals surface area contributed by atoms with Crippen LogP contribution in [-0.4, -0.2) is 34.9 Å². The second-order valence-corrected chi connectivity index (χ2v) is 9.10. The molecule has 7 heteroatoms. The molecule has 1 saturated heterocycles. The first kappa shape index (κ1) is 22.0. The molecule has 0 unspecified atom stereocenters. The average Bonchev–Trinajstić information content (AvgIpc) is 2.91. The summed E-state index contributed by atoms with van der Waals surface area (Å²) in [4.78, 5) is 36.9. The minimum absolute atomic E-state index is 0.0766. The molecule has 0 aliphatic carbocycles. The van der Waals surface area contributed by atoms with Crippen molar-refractivity contribution in [3.63, 3.8) is 0 Å². The van der Waals surface area contributed by atoms with Crippen LogP contribution in [0.2, 0.25) is 0 Å². The van der Waals surface area contributed by atoms with E-state index >= 15 is 0 Å². The minimum Gasteiger partial charge on any atom is -0.425 e. The maximum atomic E-state index is 13.1. The maximum Gasteiger partial charge on any atom is 0.314 e. The first-order valence-electron chi connectivity index (χ1n) is 12.0. The van der Waals surface area contributed by atoms with E-state index in [9.17, 15) is 9.59 Å². The largest absolute Gasteiger partial charge is 0.425 e. The summed E-state index contributed by atoms with van der Waals surface area (Å²) >= 11 is 0. The van der Waals surface area contributed by atoms with Crippen molar-refractivity contribution in [2.24, 2.45) is 11.7 Å². The van der Waals surface area contributed by atoms with Gasteiger partial charge in [-0.15, -0.1) is 0 Å². The van der Waals surface area contributed by atoms with Gasteiger partial charge in [-0.1, -0.05) is 42.5 Å². The standard InChI is InChI=1S/C29H24N4O3/c30-28(34)26-25(12-11-24-27(26)32-23-8-4-3-7-22(23)31-24)36-29(35)19-13-15-33(16-14-19)21-10-9-18-5-1-2-6-20(18)17-21/h1-12,17,19H,13-16H2,(H2,30,34). The Balaban J connectivity index is 1.21. The molecule has 7 nitrogen and oxygen atoms in total. The number of anilines is 1. The van der Waals surface area contributed by atoms with Gasteiger partial charge in [0.1, 0.15) is 16.8 Å².